The van der Waals surface area contributed by atoms with E-state index in [0.29, 0.717) is 0 Å². The Morgan fingerprint density at radius 3 is 2.26 bits per heavy atom. The Labute approximate surface area is 164 Å². The first-order chi connectivity index (χ1) is 12.8. The fraction of sp³-hybridized carbons (Fsp3) is 0.308. The summed E-state index contributed by atoms with van der Waals surface area (Å²) < 4.78 is 0. The molecule has 0 spiro atoms. The average molecular weight is 358 g/mol. The maximum Gasteiger partial charge on any atom is 0.0444 e. The van der Waals surface area contributed by atoms with Crippen LogP contribution in [0.5, 0.6) is 0 Å². The van der Waals surface area contributed by atoms with Crippen molar-refractivity contribution in [3.8, 4) is 11.1 Å². The molecule has 0 unspecified atom stereocenters. The van der Waals surface area contributed by atoms with Gasteiger partial charge in [-0.25, -0.2) is 0 Å². The monoisotopic (exact) mass is 357 g/mol. The number of likely N-dealkylation sites (N-methyl/N-ethyl adjacent to an activating group) is 1. The van der Waals surface area contributed by atoms with E-state index in [1.165, 1.54) is 44.8 Å². The highest BCUT2D eigenvalue weighted by Crippen LogP contribution is 2.50. The van der Waals surface area contributed by atoms with Gasteiger partial charge >= 0.3 is 0 Å². The van der Waals surface area contributed by atoms with Crippen molar-refractivity contribution in [1.29, 1.82) is 0 Å². The molecule has 0 aromatic heterocycles. The van der Waals surface area contributed by atoms with Gasteiger partial charge in [0.05, 0.1) is 0 Å². The van der Waals surface area contributed by atoms with Crippen LogP contribution in [0.2, 0.25) is 0 Å². The van der Waals surface area contributed by atoms with E-state index < -0.39 is 0 Å². The van der Waals surface area contributed by atoms with Gasteiger partial charge < -0.3 is 4.90 Å². The molecule has 2 aromatic carbocycles. The van der Waals surface area contributed by atoms with Gasteiger partial charge in [-0.1, -0.05) is 62.4 Å². The van der Waals surface area contributed by atoms with Crippen molar-refractivity contribution in [3.05, 3.63) is 88.7 Å². The number of allylic oxidation sites excluding steroid dienone is 5. The SMILES string of the molecule is C\C=C/C(C)=C(\C=C/C)N(C)c1cc2c(cc1C)C(C)(C)c1ccccc1-2. The number of hydrogen-bond donors (Lipinski definition) is 0. The molecule has 0 atom stereocenters. The number of benzene rings is 2. The number of anilines is 1. The summed E-state index contributed by atoms with van der Waals surface area (Å²) in [6.07, 6.45) is 8.58. The van der Waals surface area contributed by atoms with Crippen LogP contribution in [-0.2, 0) is 5.41 Å². The van der Waals surface area contributed by atoms with Gasteiger partial charge in [-0.15, -0.1) is 0 Å². The normalized spacial score (nSPS) is 15.8. The van der Waals surface area contributed by atoms with Crippen molar-refractivity contribution in [2.75, 3.05) is 11.9 Å². The molecule has 0 amide bonds. The van der Waals surface area contributed by atoms with Crippen molar-refractivity contribution < 1.29 is 0 Å². The Balaban J connectivity index is 2.20. The van der Waals surface area contributed by atoms with Gasteiger partial charge in [0.15, 0.2) is 0 Å². The molecule has 0 fully saturated rings. The molecule has 0 aliphatic heterocycles. The van der Waals surface area contributed by atoms with Gasteiger partial charge in [0, 0.05) is 23.8 Å². The van der Waals surface area contributed by atoms with E-state index in [9.17, 15) is 0 Å². The number of hydrogen-bond acceptors (Lipinski definition) is 1. The Hall–Kier alpha value is -2.54. The zero-order chi connectivity index (χ0) is 19.8. The van der Waals surface area contributed by atoms with Crippen LogP contribution >= 0.6 is 0 Å². The second kappa shape index (κ2) is 7.23. The largest absolute Gasteiger partial charge is 0.344 e. The minimum atomic E-state index is 0.0522. The number of nitrogens with zero attached hydrogens (tertiary/aromatic N) is 1. The van der Waals surface area contributed by atoms with E-state index in [1.807, 2.05) is 0 Å². The van der Waals surface area contributed by atoms with E-state index in [0.717, 1.165) is 0 Å². The van der Waals surface area contributed by atoms with Crippen LogP contribution in [0.3, 0.4) is 0 Å². The lowest BCUT2D eigenvalue weighted by Gasteiger charge is -2.27. The number of aryl methyl sites for hydroxylation is 1. The van der Waals surface area contributed by atoms with Gasteiger partial charge in [0.25, 0.3) is 0 Å². The quantitative estimate of drug-likeness (QED) is 0.524. The van der Waals surface area contributed by atoms with E-state index in [4.69, 9.17) is 0 Å². The van der Waals surface area contributed by atoms with Crippen molar-refractivity contribution in [2.24, 2.45) is 0 Å². The summed E-state index contributed by atoms with van der Waals surface area (Å²) in [6.45, 7) is 13.2. The Bertz CT molecular complexity index is 954. The first-order valence-corrected chi connectivity index (χ1v) is 9.78. The fourth-order valence-corrected chi connectivity index (χ4v) is 4.34. The van der Waals surface area contributed by atoms with Crippen LogP contribution in [0.25, 0.3) is 11.1 Å². The Kier molecular flexibility index (Phi) is 5.15. The minimum Gasteiger partial charge on any atom is -0.344 e. The third-order valence-corrected chi connectivity index (χ3v) is 5.77. The van der Waals surface area contributed by atoms with Gasteiger partial charge in [0.1, 0.15) is 0 Å². The molecule has 1 aliphatic carbocycles. The molecule has 1 heteroatoms. The van der Waals surface area contributed by atoms with E-state index in [-0.39, 0.29) is 5.41 Å². The smallest absolute Gasteiger partial charge is 0.0444 e. The maximum atomic E-state index is 2.39. The minimum absolute atomic E-state index is 0.0522. The van der Waals surface area contributed by atoms with Gasteiger partial charge in [-0.05, 0) is 73.2 Å². The van der Waals surface area contributed by atoms with E-state index in [2.05, 4.69) is 114 Å². The molecule has 0 saturated heterocycles. The van der Waals surface area contributed by atoms with Gasteiger partial charge in [-0.3, -0.25) is 0 Å². The first-order valence-electron chi connectivity index (χ1n) is 9.78. The predicted octanol–water partition coefficient (Wildman–Crippen LogP) is 7.16. The fourth-order valence-electron chi connectivity index (χ4n) is 4.34. The summed E-state index contributed by atoms with van der Waals surface area (Å²) in [5, 5.41) is 0. The summed E-state index contributed by atoms with van der Waals surface area (Å²) in [5.74, 6) is 0. The lowest BCUT2D eigenvalue weighted by atomic mass is 9.82. The summed E-state index contributed by atoms with van der Waals surface area (Å²) in [4.78, 5) is 2.32. The van der Waals surface area contributed by atoms with Crippen LogP contribution in [0.4, 0.5) is 5.69 Å². The molecule has 1 nitrogen and oxygen atoms in total. The van der Waals surface area contributed by atoms with Crippen LogP contribution in [0.1, 0.15) is 51.3 Å². The summed E-state index contributed by atoms with van der Waals surface area (Å²) >= 11 is 0. The number of rotatable bonds is 4. The molecule has 27 heavy (non-hydrogen) atoms. The third kappa shape index (κ3) is 3.16. The zero-order valence-electron chi connectivity index (χ0n) is 17.7. The molecule has 140 valence electrons. The van der Waals surface area contributed by atoms with Crippen LogP contribution in [0, 0.1) is 6.92 Å². The van der Waals surface area contributed by atoms with Crippen LogP contribution in [-0.4, -0.2) is 7.05 Å². The van der Waals surface area contributed by atoms with Crippen molar-refractivity contribution >= 4 is 5.69 Å². The van der Waals surface area contributed by atoms with Gasteiger partial charge in [0.2, 0.25) is 0 Å². The van der Waals surface area contributed by atoms with Crippen LogP contribution in [0.15, 0.2) is 72.0 Å². The topological polar surface area (TPSA) is 3.24 Å². The number of fused-ring (bicyclic) bond motifs is 3. The lowest BCUT2D eigenvalue weighted by molar-refractivity contribution is 0.660. The zero-order valence-corrected chi connectivity index (χ0v) is 17.7. The van der Waals surface area contributed by atoms with Crippen molar-refractivity contribution in [2.45, 2.75) is 47.0 Å². The van der Waals surface area contributed by atoms with Crippen molar-refractivity contribution in [3.63, 3.8) is 0 Å². The predicted molar refractivity (Wildman–Crippen MR) is 119 cm³/mol. The molecule has 1 aliphatic rings. The summed E-state index contributed by atoms with van der Waals surface area (Å²) in [7, 11) is 2.17. The molecular formula is C26H31N. The summed E-state index contributed by atoms with van der Waals surface area (Å²) in [5.41, 5.74) is 10.7. The third-order valence-electron chi connectivity index (χ3n) is 5.77. The molecule has 0 heterocycles. The molecule has 0 radical (unpaired) electrons. The van der Waals surface area contributed by atoms with Crippen LogP contribution < -0.4 is 4.90 Å². The molecular weight excluding hydrogens is 326 g/mol. The van der Waals surface area contributed by atoms with Gasteiger partial charge in [-0.2, -0.15) is 0 Å². The second-order valence-electron chi connectivity index (χ2n) is 7.98. The highest BCUT2D eigenvalue weighted by atomic mass is 15.1. The summed E-state index contributed by atoms with van der Waals surface area (Å²) in [6, 6.07) is 13.6. The Morgan fingerprint density at radius 2 is 1.59 bits per heavy atom. The Morgan fingerprint density at radius 1 is 0.926 bits per heavy atom. The van der Waals surface area contributed by atoms with Crippen molar-refractivity contribution in [1.82, 2.24) is 0 Å². The average Bonchev–Trinajstić information content (AvgIpc) is 2.86. The molecule has 0 N–H and O–H groups in total. The second-order valence-corrected chi connectivity index (χ2v) is 7.98. The highest BCUT2D eigenvalue weighted by molar-refractivity contribution is 5.84. The van der Waals surface area contributed by atoms with E-state index in [1.54, 1.807) is 0 Å². The van der Waals surface area contributed by atoms with E-state index >= 15 is 0 Å². The lowest BCUT2D eigenvalue weighted by Crippen LogP contribution is -2.19. The highest BCUT2D eigenvalue weighted by Gasteiger charge is 2.35. The standard InChI is InChI=1S/C26H31N/c1-8-12-18(3)24(13-9-2)27(7)25-17-21-20-14-10-11-15-22(20)26(5,6)23(21)16-19(25)4/h8-17H,1-7H3/b12-8-,13-9-,24-18+. The first kappa shape index (κ1) is 19.2. The molecule has 3 rings (SSSR count). The molecule has 0 bridgehead atoms. The molecule has 2 aromatic rings. The molecule has 0 saturated carbocycles. The maximum absolute atomic E-state index is 2.39.